The van der Waals surface area contributed by atoms with Crippen LogP contribution in [0.2, 0.25) is 0 Å². The minimum absolute atomic E-state index is 0.169. The van der Waals surface area contributed by atoms with Crippen molar-refractivity contribution in [3.8, 4) is 0 Å². The molecule has 21 heavy (non-hydrogen) atoms. The van der Waals surface area contributed by atoms with Crippen LogP contribution in [0.25, 0.3) is 6.08 Å². The number of allylic oxidation sites excluding steroid dienone is 1. The summed E-state index contributed by atoms with van der Waals surface area (Å²) in [5.41, 5.74) is 2.10. The van der Waals surface area contributed by atoms with Gasteiger partial charge in [-0.1, -0.05) is 49.6 Å². The van der Waals surface area contributed by atoms with Gasteiger partial charge in [-0.25, -0.2) is 0 Å². The third-order valence-corrected chi connectivity index (χ3v) is 5.46. The van der Waals surface area contributed by atoms with Gasteiger partial charge in [0.25, 0.3) is 0 Å². The first-order valence-corrected chi connectivity index (χ1v) is 8.64. The van der Waals surface area contributed by atoms with Crippen LogP contribution in [-0.2, 0) is 4.79 Å². The fourth-order valence-electron chi connectivity index (χ4n) is 3.91. The smallest absolute Gasteiger partial charge is 0.176 e. The molecule has 1 nitrogen and oxygen atoms in total. The van der Waals surface area contributed by atoms with Gasteiger partial charge in [0.15, 0.2) is 5.78 Å². The highest BCUT2D eigenvalue weighted by Gasteiger charge is 2.36. The zero-order chi connectivity index (χ0) is 14.7. The Hall–Kier alpha value is -1.08. The molecule has 1 aromatic rings. The van der Waals surface area contributed by atoms with Crippen LogP contribution < -0.4 is 0 Å². The van der Waals surface area contributed by atoms with E-state index in [2.05, 4.69) is 18.2 Å². The molecule has 1 aromatic carbocycles. The molecule has 0 N–H and O–H groups in total. The normalized spacial score (nSPS) is 29.8. The van der Waals surface area contributed by atoms with Crippen molar-refractivity contribution in [2.75, 3.05) is 0 Å². The van der Waals surface area contributed by atoms with Crippen molar-refractivity contribution in [3.63, 3.8) is 0 Å². The minimum atomic E-state index is -0.320. The van der Waals surface area contributed by atoms with Crippen molar-refractivity contribution < 1.29 is 4.79 Å². The summed E-state index contributed by atoms with van der Waals surface area (Å²) in [4.78, 5) is 12.6. The summed E-state index contributed by atoms with van der Waals surface area (Å²) in [6.07, 6.45) is 10.5. The Morgan fingerprint density at radius 3 is 2.38 bits per heavy atom. The number of hydrogen-bond acceptors (Lipinski definition) is 1. The SMILES string of the molecule is O=C1C(=Cc2ccccc2)C(C2CCCCC2)CCC1Cl. The van der Waals surface area contributed by atoms with E-state index >= 15 is 0 Å². The Kier molecular flexibility index (Phi) is 4.80. The Morgan fingerprint density at radius 1 is 0.952 bits per heavy atom. The molecule has 0 saturated heterocycles. The van der Waals surface area contributed by atoms with Gasteiger partial charge in [0.2, 0.25) is 0 Å². The highest BCUT2D eigenvalue weighted by atomic mass is 35.5. The molecular formula is C19H23ClO. The van der Waals surface area contributed by atoms with E-state index in [9.17, 15) is 4.79 Å². The second-order valence-corrected chi connectivity index (χ2v) is 6.95. The maximum absolute atomic E-state index is 12.6. The topological polar surface area (TPSA) is 17.1 Å². The van der Waals surface area contributed by atoms with Crippen molar-refractivity contribution >= 4 is 23.5 Å². The largest absolute Gasteiger partial charge is 0.293 e. The Morgan fingerprint density at radius 2 is 1.67 bits per heavy atom. The van der Waals surface area contributed by atoms with E-state index in [0.717, 1.165) is 24.0 Å². The van der Waals surface area contributed by atoms with Crippen LogP contribution in [0.15, 0.2) is 35.9 Å². The molecule has 2 unspecified atom stereocenters. The van der Waals surface area contributed by atoms with Crippen LogP contribution in [0.1, 0.15) is 50.5 Å². The average Bonchev–Trinajstić information content (AvgIpc) is 2.54. The lowest BCUT2D eigenvalue weighted by Gasteiger charge is -2.35. The van der Waals surface area contributed by atoms with Crippen LogP contribution in [-0.4, -0.2) is 11.2 Å². The molecule has 3 rings (SSSR count). The molecule has 2 heteroatoms. The number of carbonyl (C=O) groups is 1. The predicted octanol–water partition coefficient (Wildman–Crippen LogP) is 5.24. The molecule has 0 radical (unpaired) electrons. The lowest BCUT2D eigenvalue weighted by molar-refractivity contribution is -0.117. The zero-order valence-corrected chi connectivity index (χ0v) is 13.2. The van der Waals surface area contributed by atoms with E-state index < -0.39 is 0 Å². The number of rotatable bonds is 2. The lowest BCUT2D eigenvalue weighted by Crippen LogP contribution is -2.33. The molecule has 0 bridgehead atoms. The number of alkyl halides is 1. The number of carbonyl (C=O) groups excluding carboxylic acids is 1. The molecule has 2 saturated carbocycles. The van der Waals surface area contributed by atoms with Crippen molar-refractivity contribution in [1.82, 2.24) is 0 Å². The molecule has 2 aliphatic carbocycles. The van der Waals surface area contributed by atoms with Crippen molar-refractivity contribution in [1.29, 1.82) is 0 Å². The number of ketones is 1. The third kappa shape index (κ3) is 3.40. The maximum Gasteiger partial charge on any atom is 0.176 e. The summed E-state index contributed by atoms with van der Waals surface area (Å²) < 4.78 is 0. The maximum atomic E-state index is 12.6. The van der Waals surface area contributed by atoms with E-state index in [4.69, 9.17) is 11.6 Å². The second kappa shape index (κ2) is 6.79. The molecule has 0 amide bonds. The van der Waals surface area contributed by atoms with Crippen LogP contribution in [0, 0.1) is 11.8 Å². The molecular weight excluding hydrogens is 280 g/mol. The van der Waals surface area contributed by atoms with Gasteiger partial charge in [-0.2, -0.15) is 0 Å². The van der Waals surface area contributed by atoms with Gasteiger partial charge in [0, 0.05) is 5.57 Å². The Labute approximate surface area is 132 Å². The summed E-state index contributed by atoms with van der Waals surface area (Å²) in [6.45, 7) is 0. The quantitative estimate of drug-likeness (QED) is 0.539. The number of benzene rings is 1. The van der Waals surface area contributed by atoms with Crippen molar-refractivity contribution in [3.05, 3.63) is 41.5 Å². The number of hydrogen-bond donors (Lipinski definition) is 0. The first-order chi connectivity index (χ1) is 10.3. The van der Waals surface area contributed by atoms with Crippen molar-refractivity contribution in [2.24, 2.45) is 11.8 Å². The van der Waals surface area contributed by atoms with Crippen LogP contribution >= 0.6 is 11.6 Å². The summed E-state index contributed by atoms with van der Waals surface area (Å²) in [7, 11) is 0. The zero-order valence-electron chi connectivity index (χ0n) is 12.4. The van der Waals surface area contributed by atoms with Gasteiger partial charge in [-0.05, 0) is 49.2 Å². The lowest BCUT2D eigenvalue weighted by atomic mass is 9.70. The molecule has 0 aliphatic heterocycles. The Balaban J connectivity index is 1.89. The van der Waals surface area contributed by atoms with Crippen LogP contribution in [0.5, 0.6) is 0 Å². The molecule has 2 aliphatic rings. The van der Waals surface area contributed by atoms with Gasteiger partial charge < -0.3 is 0 Å². The van der Waals surface area contributed by atoms with Gasteiger partial charge in [0.05, 0.1) is 5.38 Å². The minimum Gasteiger partial charge on any atom is -0.293 e. The number of halogens is 1. The molecule has 2 fully saturated rings. The van der Waals surface area contributed by atoms with Gasteiger partial charge in [-0.3, -0.25) is 4.79 Å². The highest BCUT2D eigenvalue weighted by Crippen LogP contribution is 2.41. The van der Waals surface area contributed by atoms with Crippen molar-refractivity contribution in [2.45, 2.75) is 50.3 Å². The summed E-state index contributed by atoms with van der Waals surface area (Å²) >= 11 is 6.24. The fraction of sp³-hybridized carbons (Fsp3) is 0.526. The summed E-state index contributed by atoms with van der Waals surface area (Å²) in [5.74, 6) is 1.28. The van der Waals surface area contributed by atoms with Crippen LogP contribution in [0.4, 0.5) is 0 Å². The fourth-order valence-corrected chi connectivity index (χ4v) is 4.16. The van der Waals surface area contributed by atoms with E-state index in [1.807, 2.05) is 18.2 Å². The van der Waals surface area contributed by atoms with E-state index in [-0.39, 0.29) is 11.2 Å². The summed E-state index contributed by atoms with van der Waals surface area (Å²) in [5, 5.41) is -0.320. The predicted molar refractivity (Wildman–Crippen MR) is 88.4 cm³/mol. The standard InChI is InChI=1S/C19H23ClO/c20-18-12-11-16(15-9-5-2-6-10-15)17(19(18)21)13-14-7-3-1-4-8-14/h1,3-4,7-8,13,15-16,18H,2,5-6,9-12H2. The van der Waals surface area contributed by atoms with E-state index in [0.29, 0.717) is 11.8 Å². The highest BCUT2D eigenvalue weighted by molar-refractivity contribution is 6.34. The molecule has 112 valence electrons. The first-order valence-electron chi connectivity index (χ1n) is 8.20. The van der Waals surface area contributed by atoms with Gasteiger partial charge in [-0.15, -0.1) is 11.6 Å². The van der Waals surface area contributed by atoms with E-state index in [1.165, 1.54) is 32.1 Å². The Bertz CT molecular complexity index is 514. The van der Waals surface area contributed by atoms with Crippen LogP contribution in [0.3, 0.4) is 0 Å². The van der Waals surface area contributed by atoms with E-state index in [1.54, 1.807) is 0 Å². The first kappa shape index (κ1) is 14.8. The second-order valence-electron chi connectivity index (χ2n) is 6.42. The third-order valence-electron chi connectivity index (χ3n) is 5.04. The molecule has 0 heterocycles. The van der Waals surface area contributed by atoms with Gasteiger partial charge >= 0.3 is 0 Å². The average molecular weight is 303 g/mol. The number of Topliss-reactive ketones (excluding diaryl/α,β-unsaturated/α-hetero) is 1. The molecule has 0 spiro atoms. The monoisotopic (exact) mass is 302 g/mol. The van der Waals surface area contributed by atoms with Gasteiger partial charge in [0.1, 0.15) is 0 Å². The molecule has 0 aromatic heterocycles. The molecule has 2 atom stereocenters. The summed E-state index contributed by atoms with van der Waals surface area (Å²) in [6, 6.07) is 10.2.